The van der Waals surface area contributed by atoms with Crippen LogP contribution in [0.5, 0.6) is 0 Å². The molecule has 1 rings (SSSR count). The molecular formula is C12H15BrClNO2. The number of nitrogens with one attached hydrogen (secondary N) is 1. The Hall–Kier alpha value is -0.580. The van der Waals surface area contributed by atoms with Crippen molar-refractivity contribution in [3.8, 4) is 0 Å². The fourth-order valence-corrected chi connectivity index (χ4v) is 1.86. The lowest BCUT2D eigenvalue weighted by Crippen LogP contribution is -2.31. The number of ether oxygens (including phenoxy) is 1. The third kappa shape index (κ3) is 4.66. The molecule has 1 unspecified atom stereocenters. The second-order valence-corrected chi connectivity index (χ2v) is 5.21. The van der Waals surface area contributed by atoms with Crippen LogP contribution in [-0.2, 0) is 9.53 Å². The van der Waals surface area contributed by atoms with Crippen molar-refractivity contribution in [3.05, 3.63) is 34.9 Å². The average molecular weight is 321 g/mol. The molecule has 0 spiro atoms. The van der Waals surface area contributed by atoms with Crippen molar-refractivity contribution < 1.29 is 9.53 Å². The molecule has 0 heterocycles. The zero-order valence-corrected chi connectivity index (χ0v) is 12.1. The fraction of sp³-hybridized carbons (Fsp3) is 0.417. The Morgan fingerprint density at radius 2 is 2.06 bits per heavy atom. The van der Waals surface area contributed by atoms with Gasteiger partial charge in [0.25, 0.3) is 0 Å². The van der Waals surface area contributed by atoms with E-state index < -0.39 is 0 Å². The zero-order chi connectivity index (χ0) is 12.8. The van der Waals surface area contributed by atoms with Gasteiger partial charge in [0.1, 0.15) is 4.83 Å². The van der Waals surface area contributed by atoms with Crippen LogP contribution >= 0.6 is 27.5 Å². The van der Waals surface area contributed by atoms with Gasteiger partial charge in [-0.1, -0.05) is 39.7 Å². The maximum Gasteiger partial charge on any atom is 0.320 e. The minimum absolute atomic E-state index is 0.150. The van der Waals surface area contributed by atoms with Crippen molar-refractivity contribution in [2.24, 2.45) is 0 Å². The molecule has 0 amide bonds. The highest BCUT2D eigenvalue weighted by Crippen LogP contribution is 2.16. The molecule has 0 aliphatic carbocycles. The quantitative estimate of drug-likeness (QED) is 0.669. The van der Waals surface area contributed by atoms with Crippen LogP contribution in [0.15, 0.2) is 24.3 Å². The highest BCUT2D eigenvalue weighted by Gasteiger charge is 2.16. The van der Waals surface area contributed by atoms with E-state index in [1.165, 1.54) is 7.11 Å². The first-order chi connectivity index (χ1) is 8.04. The van der Waals surface area contributed by atoms with Crippen LogP contribution in [0.1, 0.15) is 18.5 Å². The van der Waals surface area contributed by atoms with E-state index in [1.54, 1.807) is 0 Å². The maximum atomic E-state index is 11.2. The molecule has 1 N–H and O–H groups in total. The smallest absolute Gasteiger partial charge is 0.320 e. The molecule has 0 fully saturated rings. The second kappa shape index (κ2) is 6.99. The van der Waals surface area contributed by atoms with Crippen molar-refractivity contribution in [3.63, 3.8) is 0 Å². The molecule has 0 bridgehead atoms. The summed E-state index contributed by atoms with van der Waals surface area (Å²) in [6.45, 7) is 2.54. The molecule has 5 heteroatoms. The van der Waals surface area contributed by atoms with Gasteiger partial charge in [-0.05, 0) is 24.6 Å². The third-order valence-electron chi connectivity index (χ3n) is 2.43. The fourth-order valence-electron chi connectivity index (χ4n) is 1.36. The van der Waals surface area contributed by atoms with E-state index in [-0.39, 0.29) is 16.8 Å². The number of halogens is 2. The van der Waals surface area contributed by atoms with E-state index >= 15 is 0 Å². The predicted molar refractivity (Wildman–Crippen MR) is 72.6 cm³/mol. The van der Waals surface area contributed by atoms with E-state index in [1.807, 2.05) is 31.2 Å². The van der Waals surface area contributed by atoms with Crippen LogP contribution in [0.4, 0.5) is 0 Å². The highest BCUT2D eigenvalue weighted by molar-refractivity contribution is 9.10. The van der Waals surface area contributed by atoms with Gasteiger partial charge in [-0.2, -0.15) is 0 Å². The molecule has 0 aliphatic rings. The van der Waals surface area contributed by atoms with E-state index in [9.17, 15) is 4.79 Å². The van der Waals surface area contributed by atoms with Gasteiger partial charge in [0.2, 0.25) is 0 Å². The molecule has 94 valence electrons. The van der Waals surface area contributed by atoms with Crippen LogP contribution in [0.2, 0.25) is 5.02 Å². The Bertz CT molecular complexity index is 369. The molecule has 3 nitrogen and oxygen atoms in total. The summed E-state index contributed by atoms with van der Waals surface area (Å²) in [5.74, 6) is -0.277. The van der Waals surface area contributed by atoms with Crippen molar-refractivity contribution in [2.45, 2.75) is 17.8 Å². The number of hydrogen-bond acceptors (Lipinski definition) is 3. The number of esters is 1. The van der Waals surface area contributed by atoms with Gasteiger partial charge < -0.3 is 10.1 Å². The van der Waals surface area contributed by atoms with Crippen LogP contribution in [-0.4, -0.2) is 24.5 Å². The number of carbonyl (C=O) groups is 1. The Labute approximate surface area is 115 Å². The van der Waals surface area contributed by atoms with Crippen LogP contribution in [0, 0.1) is 0 Å². The van der Waals surface area contributed by atoms with Gasteiger partial charge >= 0.3 is 5.97 Å². The second-order valence-electron chi connectivity index (χ2n) is 3.67. The van der Waals surface area contributed by atoms with E-state index in [2.05, 4.69) is 26.0 Å². The first kappa shape index (κ1) is 14.5. The summed E-state index contributed by atoms with van der Waals surface area (Å²) in [5.41, 5.74) is 1.12. The SMILES string of the molecule is COC(=O)C(Br)CN[C@H](C)c1ccc(Cl)cc1. The summed E-state index contributed by atoms with van der Waals surface area (Å²) in [5, 5.41) is 3.96. The van der Waals surface area contributed by atoms with E-state index in [0.717, 1.165) is 5.56 Å². The molecule has 2 atom stereocenters. The third-order valence-corrected chi connectivity index (χ3v) is 3.38. The number of benzene rings is 1. The summed E-state index contributed by atoms with van der Waals surface area (Å²) < 4.78 is 4.62. The summed E-state index contributed by atoms with van der Waals surface area (Å²) >= 11 is 9.07. The largest absolute Gasteiger partial charge is 0.468 e. The van der Waals surface area contributed by atoms with Crippen molar-refractivity contribution in [1.82, 2.24) is 5.32 Å². The van der Waals surface area contributed by atoms with Gasteiger partial charge in [0.05, 0.1) is 7.11 Å². The lowest BCUT2D eigenvalue weighted by molar-refractivity contribution is -0.139. The van der Waals surface area contributed by atoms with Crippen LogP contribution in [0.3, 0.4) is 0 Å². The summed E-state index contributed by atoms with van der Waals surface area (Å²) in [4.78, 5) is 10.8. The topological polar surface area (TPSA) is 38.3 Å². The summed E-state index contributed by atoms with van der Waals surface area (Å²) in [7, 11) is 1.37. The van der Waals surface area contributed by atoms with Gasteiger partial charge in [-0.15, -0.1) is 0 Å². The number of hydrogen-bond donors (Lipinski definition) is 1. The Kier molecular flexibility index (Phi) is 5.95. The summed E-state index contributed by atoms with van der Waals surface area (Å²) in [6.07, 6.45) is 0. The van der Waals surface area contributed by atoms with Gasteiger partial charge in [0, 0.05) is 17.6 Å². The Morgan fingerprint density at radius 1 is 1.47 bits per heavy atom. The average Bonchev–Trinajstić information content (AvgIpc) is 2.35. The molecule has 0 saturated heterocycles. The Morgan fingerprint density at radius 3 is 2.59 bits per heavy atom. The predicted octanol–water partition coefficient (Wildman–Crippen LogP) is 2.93. The first-order valence-corrected chi connectivity index (χ1v) is 6.54. The molecule has 1 aromatic carbocycles. The maximum absolute atomic E-state index is 11.2. The number of rotatable bonds is 5. The van der Waals surface area contributed by atoms with Gasteiger partial charge in [0.15, 0.2) is 0 Å². The number of carbonyl (C=O) groups excluding carboxylic acids is 1. The molecular weight excluding hydrogens is 305 g/mol. The van der Waals surface area contributed by atoms with Crippen LogP contribution < -0.4 is 5.32 Å². The standard InChI is InChI=1S/C12H15BrClNO2/c1-8(9-3-5-10(14)6-4-9)15-7-11(13)12(16)17-2/h3-6,8,11,15H,7H2,1-2H3/t8-,11?/m1/s1. The summed E-state index contributed by atoms with van der Waals surface area (Å²) in [6, 6.07) is 7.77. The minimum Gasteiger partial charge on any atom is -0.468 e. The van der Waals surface area contributed by atoms with Crippen molar-refractivity contribution in [1.29, 1.82) is 0 Å². The van der Waals surface area contributed by atoms with Gasteiger partial charge in [-0.3, -0.25) is 4.79 Å². The lowest BCUT2D eigenvalue weighted by Gasteiger charge is -2.16. The van der Waals surface area contributed by atoms with Crippen molar-refractivity contribution in [2.75, 3.05) is 13.7 Å². The van der Waals surface area contributed by atoms with Crippen LogP contribution in [0.25, 0.3) is 0 Å². The van der Waals surface area contributed by atoms with E-state index in [4.69, 9.17) is 11.6 Å². The van der Waals surface area contributed by atoms with Gasteiger partial charge in [-0.25, -0.2) is 0 Å². The minimum atomic E-state index is -0.331. The monoisotopic (exact) mass is 319 g/mol. The Balaban J connectivity index is 2.47. The van der Waals surface area contributed by atoms with E-state index in [0.29, 0.717) is 11.6 Å². The molecule has 17 heavy (non-hydrogen) atoms. The highest BCUT2D eigenvalue weighted by atomic mass is 79.9. The molecule has 0 aliphatic heterocycles. The molecule has 0 saturated carbocycles. The normalized spacial score (nSPS) is 14.1. The lowest BCUT2D eigenvalue weighted by atomic mass is 10.1. The number of alkyl halides is 1. The molecule has 0 aromatic heterocycles. The van der Waals surface area contributed by atoms with Crippen molar-refractivity contribution >= 4 is 33.5 Å². The molecule has 0 radical (unpaired) electrons. The zero-order valence-electron chi connectivity index (χ0n) is 9.74. The molecule has 1 aromatic rings. The number of methoxy groups -OCH3 is 1. The first-order valence-electron chi connectivity index (χ1n) is 5.25.